The summed E-state index contributed by atoms with van der Waals surface area (Å²) in [6.07, 6.45) is 4.82. The Kier molecular flexibility index (Phi) is 4.74. The van der Waals surface area contributed by atoms with E-state index in [0.29, 0.717) is 17.7 Å². The molecule has 1 aromatic heterocycles. The van der Waals surface area contributed by atoms with E-state index in [1.54, 1.807) is 6.07 Å². The Bertz CT molecular complexity index is 674. The normalized spacial score (nSPS) is 18.0. The predicted octanol–water partition coefficient (Wildman–Crippen LogP) is 4.44. The van der Waals surface area contributed by atoms with Gasteiger partial charge >= 0.3 is 0 Å². The molecule has 1 atom stereocenters. The Morgan fingerprint density at radius 1 is 1.26 bits per heavy atom. The van der Waals surface area contributed by atoms with E-state index < -0.39 is 0 Å². The van der Waals surface area contributed by atoms with Gasteiger partial charge in [-0.05, 0) is 50.8 Å². The molecule has 23 heavy (non-hydrogen) atoms. The summed E-state index contributed by atoms with van der Waals surface area (Å²) in [4.78, 5) is 11.5. The van der Waals surface area contributed by atoms with Crippen LogP contribution in [-0.2, 0) is 0 Å². The quantitative estimate of drug-likeness (QED) is 0.906. The highest BCUT2D eigenvalue weighted by Gasteiger charge is 2.22. The molecule has 1 aliphatic rings. The van der Waals surface area contributed by atoms with Gasteiger partial charge in [0, 0.05) is 30.0 Å². The zero-order valence-corrected chi connectivity index (χ0v) is 13.7. The number of hydrogen-bond acceptors (Lipinski definition) is 4. The molecule has 0 saturated carbocycles. The lowest BCUT2D eigenvalue weighted by atomic mass is 10.00. The van der Waals surface area contributed by atoms with Crippen molar-refractivity contribution in [3.05, 3.63) is 41.8 Å². The number of rotatable bonds is 4. The SMILES string of the molecule is CCC1CCCCN1c1cc(C)nc(Nc2cccc(F)c2)n1. The Morgan fingerprint density at radius 2 is 2.13 bits per heavy atom. The molecule has 0 amide bonds. The van der Waals surface area contributed by atoms with Crippen LogP contribution in [0.15, 0.2) is 30.3 Å². The maximum absolute atomic E-state index is 13.3. The number of nitrogens with one attached hydrogen (secondary N) is 1. The number of hydrogen-bond donors (Lipinski definition) is 1. The standard InChI is InChI=1S/C18H23FN4/c1-3-16-9-4-5-10-23(16)17-11-13(2)20-18(22-17)21-15-8-6-7-14(19)12-15/h6-8,11-12,16H,3-5,9-10H2,1-2H3,(H,20,21,22). The maximum Gasteiger partial charge on any atom is 0.229 e. The van der Waals surface area contributed by atoms with Crippen LogP contribution in [0.2, 0.25) is 0 Å². The fourth-order valence-electron chi connectivity index (χ4n) is 3.18. The molecule has 5 heteroatoms. The summed E-state index contributed by atoms with van der Waals surface area (Å²) in [6, 6.07) is 8.93. The third-order valence-electron chi connectivity index (χ3n) is 4.31. The average Bonchev–Trinajstić information content (AvgIpc) is 2.54. The van der Waals surface area contributed by atoms with Crippen molar-refractivity contribution in [2.75, 3.05) is 16.8 Å². The number of aryl methyl sites for hydroxylation is 1. The second-order valence-electron chi connectivity index (χ2n) is 6.08. The molecule has 0 radical (unpaired) electrons. The van der Waals surface area contributed by atoms with Gasteiger partial charge in [0.2, 0.25) is 5.95 Å². The minimum absolute atomic E-state index is 0.273. The molecule has 1 N–H and O–H groups in total. The first-order valence-electron chi connectivity index (χ1n) is 8.30. The van der Waals surface area contributed by atoms with Crippen LogP contribution >= 0.6 is 0 Å². The van der Waals surface area contributed by atoms with Gasteiger partial charge in [0.05, 0.1) is 0 Å². The molecule has 3 rings (SSSR count). The van der Waals surface area contributed by atoms with E-state index in [2.05, 4.69) is 27.1 Å². The van der Waals surface area contributed by atoms with Crippen LogP contribution in [0.1, 0.15) is 38.3 Å². The zero-order valence-electron chi connectivity index (χ0n) is 13.7. The number of piperidine rings is 1. The maximum atomic E-state index is 13.3. The lowest BCUT2D eigenvalue weighted by Gasteiger charge is -2.36. The van der Waals surface area contributed by atoms with Crippen LogP contribution in [0, 0.1) is 12.7 Å². The van der Waals surface area contributed by atoms with Crippen LogP contribution < -0.4 is 10.2 Å². The number of anilines is 3. The monoisotopic (exact) mass is 314 g/mol. The highest BCUT2D eigenvalue weighted by atomic mass is 19.1. The van der Waals surface area contributed by atoms with Crippen LogP contribution in [0.25, 0.3) is 0 Å². The van der Waals surface area contributed by atoms with E-state index in [4.69, 9.17) is 0 Å². The molecule has 1 saturated heterocycles. The van der Waals surface area contributed by atoms with E-state index in [0.717, 1.165) is 24.5 Å². The molecular formula is C18H23FN4. The molecule has 2 heterocycles. The summed E-state index contributed by atoms with van der Waals surface area (Å²) in [6.45, 7) is 5.23. The Balaban J connectivity index is 1.86. The van der Waals surface area contributed by atoms with Crippen molar-refractivity contribution in [3.63, 3.8) is 0 Å². The van der Waals surface area contributed by atoms with Gasteiger partial charge in [0.25, 0.3) is 0 Å². The molecule has 1 unspecified atom stereocenters. The van der Waals surface area contributed by atoms with Crippen molar-refractivity contribution in [3.8, 4) is 0 Å². The molecule has 1 aromatic carbocycles. The van der Waals surface area contributed by atoms with E-state index in [1.807, 2.05) is 19.1 Å². The summed E-state index contributed by atoms with van der Waals surface area (Å²) < 4.78 is 13.3. The van der Waals surface area contributed by atoms with E-state index >= 15 is 0 Å². The molecule has 1 aliphatic heterocycles. The Morgan fingerprint density at radius 3 is 2.91 bits per heavy atom. The van der Waals surface area contributed by atoms with Gasteiger partial charge in [-0.3, -0.25) is 0 Å². The second kappa shape index (κ2) is 6.94. The third kappa shape index (κ3) is 3.78. The molecule has 0 aliphatic carbocycles. The lowest BCUT2D eigenvalue weighted by Crippen LogP contribution is -2.39. The van der Waals surface area contributed by atoms with Crippen molar-refractivity contribution < 1.29 is 4.39 Å². The number of benzene rings is 1. The van der Waals surface area contributed by atoms with E-state index in [9.17, 15) is 4.39 Å². The van der Waals surface area contributed by atoms with Gasteiger partial charge in [-0.1, -0.05) is 13.0 Å². The largest absolute Gasteiger partial charge is 0.353 e. The molecule has 4 nitrogen and oxygen atoms in total. The van der Waals surface area contributed by atoms with E-state index in [-0.39, 0.29) is 5.82 Å². The first kappa shape index (κ1) is 15.7. The van der Waals surface area contributed by atoms with Crippen molar-refractivity contribution >= 4 is 17.5 Å². The Labute approximate surface area is 136 Å². The average molecular weight is 314 g/mol. The summed E-state index contributed by atoms with van der Waals surface area (Å²) in [7, 11) is 0. The summed E-state index contributed by atoms with van der Waals surface area (Å²) in [5, 5.41) is 3.11. The number of halogens is 1. The molecular weight excluding hydrogens is 291 g/mol. The minimum Gasteiger partial charge on any atom is -0.353 e. The second-order valence-corrected chi connectivity index (χ2v) is 6.08. The van der Waals surface area contributed by atoms with Crippen LogP contribution in [0.4, 0.5) is 21.8 Å². The highest BCUT2D eigenvalue weighted by molar-refractivity contribution is 5.56. The zero-order chi connectivity index (χ0) is 16.2. The lowest BCUT2D eigenvalue weighted by molar-refractivity contribution is 0.446. The van der Waals surface area contributed by atoms with Gasteiger partial charge in [-0.25, -0.2) is 9.37 Å². The Hall–Kier alpha value is -2.17. The van der Waals surface area contributed by atoms with Crippen LogP contribution in [-0.4, -0.2) is 22.6 Å². The molecule has 2 aromatic rings. The fraction of sp³-hybridized carbons (Fsp3) is 0.444. The fourth-order valence-corrected chi connectivity index (χ4v) is 3.18. The predicted molar refractivity (Wildman–Crippen MR) is 91.7 cm³/mol. The van der Waals surface area contributed by atoms with Gasteiger partial charge in [-0.2, -0.15) is 4.98 Å². The molecule has 0 spiro atoms. The minimum atomic E-state index is -0.273. The first-order valence-corrected chi connectivity index (χ1v) is 8.30. The summed E-state index contributed by atoms with van der Waals surface area (Å²) in [5.41, 5.74) is 1.57. The smallest absolute Gasteiger partial charge is 0.229 e. The highest BCUT2D eigenvalue weighted by Crippen LogP contribution is 2.26. The van der Waals surface area contributed by atoms with Crippen molar-refractivity contribution in [2.24, 2.45) is 0 Å². The van der Waals surface area contributed by atoms with Crippen molar-refractivity contribution in [2.45, 2.75) is 45.6 Å². The number of nitrogens with zero attached hydrogens (tertiary/aromatic N) is 3. The van der Waals surface area contributed by atoms with Gasteiger partial charge in [-0.15, -0.1) is 0 Å². The molecule has 122 valence electrons. The van der Waals surface area contributed by atoms with Crippen molar-refractivity contribution in [1.82, 2.24) is 9.97 Å². The van der Waals surface area contributed by atoms with Gasteiger partial charge < -0.3 is 10.2 Å². The topological polar surface area (TPSA) is 41.1 Å². The van der Waals surface area contributed by atoms with E-state index in [1.165, 1.54) is 31.4 Å². The molecule has 1 fully saturated rings. The summed E-state index contributed by atoms with van der Waals surface area (Å²) >= 11 is 0. The van der Waals surface area contributed by atoms with Gasteiger partial charge in [0.15, 0.2) is 0 Å². The van der Waals surface area contributed by atoms with Crippen LogP contribution in [0.5, 0.6) is 0 Å². The number of aromatic nitrogens is 2. The first-order chi connectivity index (χ1) is 11.2. The summed E-state index contributed by atoms with van der Waals surface area (Å²) in [5.74, 6) is 1.21. The molecule has 0 bridgehead atoms. The van der Waals surface area contributed by atoms with Crippen LogP contribution in [0.3, 0.4) is 0 Å². The van der Waals surface area contributed by atoms with Gasteiger partial charge in [0.1, 0.15) is 11.6 Å². The van der Waals surface area contributed by atoms with Crippen molar-refractivity contribution in [1.29, 1.82) is 0 Å². The third-order valence-corrected chi connectivity index (χ3v) is 4.31.